The van der Waals surface area contributed by atoms with Crippen molar-refractivity contribution in [3.63, 3.8) is 0 Å². The largest absolute Gasteiger partial charge is 0.143 e. The molecule has 3 rings (SSSR count). The number of thiol groups is 1. The van der Waals surface area contributed by atoms with Gasteiger partial charge in [-0.05, 0) is 40.5 Å². The standard InChI is InChI=1S/C18H14S/c19-18-12-16(14-7-3-1-4-8-14)11-17(13-18)15-9-5-2-6-10-15/h1-13,19H. The van der Waals surface area contributed by atoms with Crippen LogP contribution in [0.3, 0.4) is 0 Å². The summed E-state index contributed by atoms with van der Waals surface area (Å²) in [7, 11) is 0. The predicted octanol–water partition coefficient (Wildman–Crippen LogP) is 5.31. The lowest BCUT2D eigenvalue weighted by Gasteiger charge is -2.08. The van der Waals surface area contributed by atoms with Gasteiger partial charge < -0.3 is 0 Å². The lowest BCUT2D eigenvalue weighted by Crippen LogP contribution is -1.82. The minimum Gasteiger partial charge on any atom is -0.143 e. The quantitative estimate of drug-likeness (QED) is 0.594. The van der Waals surface area contributed by atoms with Crippen LogP contribution in [0.15, 0.2) is 83.8 Å². The van der Waals surface area contributed by atoms with Gasteiger partial charge in [0.1, 0.15) is 0 Å². The van der Waals surface area contributed by atoms with Crippen molar-refractivity contribution in [3.05, 3.63) is 78.9 Å². The van der Waals surface area contributed by atoms with Crippen molar-refractivity contribution in [2.45, 2.75) is 4.90 Å². The normalized spacial score (nSPS) is 10.4. The van der Waals surface area contributed by atoms with Gasteiger partial charge in [0.2, 0.25) is 0 Å². The molecule has 0 spiro atoms. The zero-order valence-electron chi connectivity index (χ0n) is 10.5. The van der Waals surface area contributed by atoms with Gasteiger partial charge in [0, 0.05) is 4.90 Å². The maximum atomic E-state index is 4.52. The van der Waals surface area contributed by atoms with Crippen LogP contribution in [0.25, 0.3) is 22.3 Å². The fraction of sp³-hybridized carbons (Fsp3) is 0. The molecule has 0 unspecified atom stereocenters. The molecular formula is C18H14S. The van der Waals surface area contributed by atoms with Crippen molar-refractivity contribution >= 4 is 12.6 Å². The molecule has 0 amide bonds. The Labute approximate surface area is 119 Å². The Morgan fingerprint density at radius 1 is 0.474 bits per heavy atom. The maximum Gasteiger partial charge on any atom is 0.00523 e. The number of hydrogen-bond donors (Lipinski definition) is 1. The molecule has 0 saturated carbocycles. The van der Waals surface area contributed by atoms with Gasteiger partial charge >= 0.3 is 0 Å². The molecular weight excluding hydrogens is 248 g/mol. The Balaban J connectivity index is 2.12. The van der Waals surface area contributed by atoms with Crippen LogP contribution in [-0.2, 0) is 0 Å². The minimum absolute atomic E-state index is 0.986. The van der Waals surface area contributed by atoms with Crippen LogP contribution in [0.2, 0.25) is 0 Å². The Bertz CT molecular complexity index is 615. The molecule has 0 bridgehead atoms. The number of rotatable bonds is 2. The second-order valence-electron chi connectivity index (χ2n) is 4.50. The van der Waals surface area contributed by atoms with Crippen molar-refractivity contribution in [1.82, 2.24) is 0 Å². The Hall–Kier alpha value is -1.99. The summed E-state index contributed by atoms with van der Waals surface area (Å²) in [5, 5.41) is 0. The van der Waals surface area contributed by atoms with E-state index in [0.717, 1.165) is 4.90 Å². The molecule has 19 heavy (non-hydrogen) atoms. The molecule has 0 radical (unpaired) electrons. The maximum absolute atomic E-state index is 4.52. The van der Waals surface area contributed by atoms with E-state index in [4.69, 9.17) is 0 Å². The summed E-state index contributed by atoms with van der Waals surface area (Å²) in [4.78, 5) is 0.986. The van der Waals surface area contributed by atoms with Gasteiger partial charge in [-0.1, -0.05) is 60.7 Å². The van der Waals surface area contributed by atoms with E-state index >= 15 is 0 Å². The third-order valence-electron chi connectivity index (χ3n) is 3.13. The molecule has 0 N–H and O–H groups in total. The first-order valence-electron chi connectivity index (χ1n) is 6.28. The van der Waals surface area contributed by atoms with Crippen molar-refractivity contribution < 1.29 is 0 Å². The van der Waals surface area contributed by atoms with Gasteiger partial charge in [0.15, 0.2) is 0 Å². The van der Waals surface area contributed by atoms with Gasteiger partial charge in [0.25, 0.3) is 0 Å². The molecule has 3 aromatic carbocycles. The monoisotopic (exact) mass is 262 g/mol. The Morgan fingerprint density at radius 2 is 0.895 bits per heavy atom. The average molecular weight is 262 g/mol. The molecule has 0 aliphatic rings. The molecule has 0 atom stereocenters. The number of hydrogen-bond acceptors (Lipinski definition) is 1. The highest BCUT2D eigenvalue weighted by molar-refractivity contribution is 7.80. The fourth-order valence-corrected chi connectivity index (χ4v) is 2.48. The number of benzene rings is 3. The van der Waals surface area contributed by atoms with Gasteiger partial charge in [0.05, 0.1) is 0 Å². The molecule has 0 saturated heterocycles. The molecule has 0 aliphatic heterocycles. The van der Waals surface area contributed by atoms with E-state index in [2.05, 4.69) is 79.4 Å². The van der Waals surface area contributed by atoms with Gasteiger partial charge in [-0.25, -0.2) is 0 Å². The molecule has 0 nitrogen and oxygen atoms in total. The molecule has 1 heteroatoms. The average Bonchev–Trinajstić information content (AvgIpc) is 2.48. The summed E-state index contributed by atoms with van der Waals surface area (Å²) in [5.41, 5.74) is 4.84. The molecule has 0 aromatic heterocycles. The molecule has 3 aromatic rings. The summed E-state index contributed by atoms with van der Waals surface area (Å²) in [5.74, 6) is 0. The van der Waals surface area contributed by atoms with Crippen molar-refractivity contribution in [2.24, 2.45) is 0 Å². The Morgan fingerprint density at radius 3 is 1.32 bits per heavy atom. The van der Waals surface area contributed by atoms with E-state index in [1.165, 1.54) is 22.3 Å². The van der Waals surface area contributed by atoms with Crippen LogP contribution < -0.4 is 0 Å². The molecule has 92 valence electrons. The summed E-state index contributed by atoms with van der Waals surface area (Å²) >= 11 is 4.52. The van der Waals surface area contributed by atoms with Gasteiger partial charge in [-0.2, -0.15) is 0 Å². The Kier molecular flexibility index (Phi) is 3.39. The van der Waals surface area contributed by atoms with Gasteiger partial charge in [-0.3, -0.25) is 0 Å². The zero-order valence-corrected chi connectivity index (χ0v) is 11.3. The second kappa shape index (κ2) is 5.33. The first kappa shape index (κ1) is 12.1. The van der Waals surface area contributed by atoms with Crippen LogP contribution in [0.1, 0.15) is 0 Å². The van der Waals surface area contributed by atoms with Crippen molar-refractivity contribution in [3.8, 4) is 22.3 Å². The summed E-state index contributed by atoms with van der Waals surface area (Å²) < 4.78 is 0. The fourth-order valence-electron chi connectivity index (χ4n) is 2.21. The molecule has 0 fully saturated rings. The first-order chi connectivity index (χ1) is 9.33. The lowest BCUT2D eigenvalue weighted by atomic mass is 9.99. The third-order valence-corrected chi connectivity index (χ3v) is 3.39. The van der Waals surface area contributed by atoms with E-state index in [9.17, 15) is 0 Å². The zero-order chi connectivity index (χ0) is 13.1. The minimum atomic E-state index is 0.986. The van der Waals surface area contributed by atoms with Crippen molar-refractivity contribution in [1.29, 1.82) is 0 Å². The predicted molar refractivity (Wildman–Crippen MR) is 84.6 cm³/mol. The van der Waals surface area contributed by atoms with E-state index in [0.29, 0.717) is 0 Å². The molecule has 0 aliphatic carbocycles. The highest BCUT2D eigenvalue weighted by atomic mass is 32.1. The van der Waals surface area contributed by atoms with Gasteiger partial charge in [-0.15, -0.1) is 12.6 Å². The van der Waals surface area contributed by atoms with E-state index < -0.39 is 0 Å². The summed E-state index contributed by atoms with van der Waals surface area (Å²) in [6.45, 7) is 0. The highest BCUT2D eigenvalue weighted by Gasteiger charge is 2.03. The van der Waals surface area contributed by atoms with Crippen LogP contribution in [0.4, 0.5) is 0 Å². The highest BCUT2D eigenvalue weighted by Crippen LogP contribution is 2.29. The van der Waals surface area contributed by atoms with Crippen LogP contribution >= 0.6 is 12.6 Å². The van der Waals surface area contributed by atoms with E-state index in [-0.39, 0.29) is 0 Å². The SMILES string of the molecule is Sc1cc(-c2ccccc2)cc(-c2ccccc2)c1. The van der Waals surface area contributed by atoms with Crippen LogP contribution in [0, 0.1) is 0 Å². The lowest BCUT2D eigenvalue weighted by molar-refractivity contribution is 1.46. The van der Waals surface area contributed by atoms with E-state index in [1.54, 1.807) is 0 Å². The summed E-state index contributed by atoms with van der Waals surface area (Å²) in [6, 6.07) is 27.2. The van der Waals surface area contributed by atoms with E-state index in [1.807, 2.05) is 12.1 Å². The topological polar surface area (TPSA) is 0 Å². The van der Waals surface area contributed by atoms with Crippen LogP contribution in [-0.4, -0.2) is 0 Å². The van der Waals surface area contributed by atoms with Crippen molar-refractivity contribution in [2.75, 3.05) is 0 Å². The smallest absolute Gasteiger partial charge is 0.00523 e. The third kappa shape index (κ3) is 2.72. The summed E-state index contributed by atoms with van der Waals surface area (Å²) in [6.07, 6.45) is 0. The molecule has 0 heterocycles. The van der Waals surface area contributed by atoms with Crippen LogP contribution in [0.5, 0.6) is 0 Å². The first-order valence-corrected chi connectivity index (χ1v) is 6.72. The second-order valence-corrected chi connectivity index (χ2v) is 5.02.